The van der Waals surface area contributed by atoms with Crippen LogP contribution in [0.1, 0.15) is 5.56 Å². The number of benzene rings is 3. The van der Waals surface area contributed by atoms with Crippen LogP contribution < -0.4 is 9.46 Å². The molecule has 0 atom stereocenters. The molecule has 0 spiro atoms. The maximum absolute atomic E-state index is 14.3. The largest absolute Gasteiger partial charge is 0.480 e. The minimum Gasteiger partial charge on any atom is -0.480 e. The van der Waals surface area contributed by atoms with Crippen molar-refractivity contribution in [2.75, 3.05) is 39.6 Å². The summed E-state index contributed by atoms with van der Waals surface area (Å²) in [5.41, 5.74) is 5.38. The minimum absolute atomic E-state index is 0.00468. The molecular formula is C32H31F2N5O3S. The molecule has 43 heavy (non-hydrogen) atoms. The van der Waals surface area contributed by atoms with Gasteiger partial charge in [-0.1, -0.05) is 30.3 Å². The number of anilines is 1. The molecule has 0 bridgehead atoms. The van der Waals surface area contributed by atoms with Crippen molar-refractivity contribution < 1.29 is 21.9 Å². The molecular weight excluding hydrogens is 572 g/mol. The zero-order valence-electron chi connectivity index (χ0n) is 24.2. The van der Waals surface area contributed by atoms with Gasteiger partial charge < -0.3 is 4.74 Å². The summed E-state index contributed by atoms with van der Waals surface area (Å²) in [7, 11) is 3.09. The van der Waals surface area contributed by atoms with Gasteiger partial charge in [0.25, 0.3) is 10.0 Å². The lowest BCUT2D eigenvalue weighted by Crippen LogP contribution is -2.29. The minimum atomic E-state index is -4.41. The smallest absolute Gasteiger partial charge is 0.264 e. The molecule has 1 N–H and O–H groups in total. The van der Waals surface area contributed by atoms with Crippen LogP contribution >= 0.6 is 0 Å². The fraction of sp³-hybridized carbons (Fsp3) is 0.188. The molecule has 0 amide bonds. The number of ether oxygens (including phenoxy) is 1. The summed E-state index contributed by atoms with van der Waals surface area (Å²) in [4.78, 5) is 12.5. The second kappa shape index (κ2) is 12.4. The molecule has 0 fully saturated rings. The molecule has 11 heteroatoms. The Hall–Kier alpha value is -4.45. The Morgan fingerprint density at radius 2 is 1.60 bits per heavy atom. The van der Waals surface area contributed by atoms with E-state index in [1.165, 1.54) is 12.7 Å². The number of halogens is 2. The molecule has 0 saturated carbocycles. The Labute approximate surface area is 249 Å². The van der Waals surface area contributed by atoms with Crippen LogP contribution in [0.5, 0.6) is 5.88 Å². The van der Waals surface area contributed by atoms with Crippen LogP contribution in [-0.4, -0.2) is 63.1 Å². The number of pyridine rings is 2. The van der Waals surface area contributed by atoms with Gasteiger partial charge >= 0.3 is 0 Å². The summed E-state index contributed by atoms with van der Waals surface area (Å²) in [6.07, 6.45) is 3.33. The fourth-order valence-electron chi connectivity index (χ4n) is 4.95. The third-order valence-electron chi connectivity index (χ3n) is 6.79. The van der Waals surface area contributed by atoms with Gasteiger partial charge in [0.05, 0.1) is 19.3 Å². The summed E-state index contributed by atoms with van der Waals surface area (Å²) in [5.74, 6) is -2.10. The summed E-state index contributed by atoms with van der Waals surface area (Å²) in [6, 6.07) is 19.9. The second-order valence-electron chi connectivity index (χ2n) is 10.5. The number of rotatable bonds is 10. The number of methoxy groups -OCH3 is 1. The summed E-state index contributed by atoms with van der Waals surface area (Å²) >= 11 is 0. The van der Waals surface area contributed by atoms with Crippen LogP contribution in [0.25, 0.3) is 33.2 Å². The van der Waals surface area contributed by atoms with Crippen LogP contribution in [0.4, 0.5) is 14.5 Å². The summed E-state index contributed by atoms with van der Waals surface area (Å²) in [5, 5.41) is 0.906. The Kier molecular flexibility index (Phi) is 8.67. The van der Waals surface area contributed by atoms with Gasteiger partial charge in [-0.15, -0.1) is 0 Å². The number of aromatic nitrogens is 2. The van der Waals surface area contributed by atoms with Gasteiger partial charge in [-0.3, -0.25) is 19.5 Å². The average Bonchev–Trinajstić information content (AvgIpc) is 2.96. The van der Waals surface area contributed by atoms with Crippen LogP contribution in [0.3, 0.4) is 0 Å². The molecule has 8 nitrogen and oxygen atoms in total. The van der Waals surface area contributed by atoms with E-state index in [0.29, 0.717) is 11.6 Å². The molecule has 2 heterocycles. The standard InChI is InChI=1S/C32H31F2N5O3S/c1-38(2)20-39(3)19-21-5-7-22(8-6-21)26-13-14-35-29-11-9-23(15-27(26)29)24-16-30(32(42-4)36-18-24)37-43(40,41)31-12-10-25(33)17-28(31)34/h5-18,37H,19-20H2,1-4H3. The lowest BCUT2D eigenvalue weighted by Gasteiger charge is -2.21. The molecule has 0 saturated heterocycles. The molecule has 0 aliphatic heterocycles. The van der Waals surface area contributed by atoms with Crippen molar-refractivity contribution in [3.05, 3.63) is 102 Å². The monoisotopic (exact) mass is 603 g/mol. The first-order valence-electron chi connectivity index (χ1n) is 13.4. The van der Waals surface area contributed by atoms with E-state index in [-0.39, 0.29) is 11.6 Å². The first kappa shape index (κ1) is 30.0. The first-order chi connectivity index (χ1) is 20.5. The number of fused-ring (bicyclic) bond motifs is 1. The molecule has 5 aromatic rings. The Morgan fingerprint density at radius 1 is 0.860 bits per heavy atom. The van der Waals surface area contributed by atoms with E-state index >= 15 is 0 Å². The summed E-state index contributed by atoms with van der Waals surface area (Å²) in [6.45, 7) is 1.68. The van der Waals surface area contributed by atoms with Gasteiger partial charge in [-0.25, -0.2) is 22.2 Å². The highest BCUT2D eigenvalue weighted by Gasteiger charge is 2.22. The van der Waals surface area contributed by atoms with Crippen molar-refractivity contribution in [1.29, 1.82) is 0 Å². The SMILES string of the molecule is COc1ncc(-c2ccc3nccc(-c4ccc(CN(C)CN(C)C)cc4)c3c2)cc1NS(=O)(=O)c1ccc(F)cc1F. The molecule has 222 valence electrons. The third kappa shape index (κ3) is 6.80. The summed E-state index contributed by atoms with van der Waals surface area (Å²) < 4.78 is 61.2. The van der Waals surface area contributed by atoms with Gasteiger partial charge in [0, 0.05) is 36.0 Å². The van der Waals surface area contributed by atoms with Crippen molar-refractivity contribution in [2.24, 2.45) is 0 Å². The Morgan fingerprint density at radius 3 is 2.30 bits per heavy atom. The predicted octanol–water partition coefficient (Wildman–Crippen LogP) is 6.00. The Balaban J connectivity index is 1.48. The van der Waals surface area contributed by atoms with E-state index in [4.69, 9.17) is 4.74 Å². The van der Waals surface area contributed by atoms with Gasteiger partial charge in [0.2, 0.25) is 5.88 Å². The number of nitrogens with one attached hydrogen (secondary N) is 1. The van der Waals surface area contributed by atoms with Gasteiger partial charge in [0.15, 0.2) is 0 Å². The zero-order valence-corrected chi connectivity index (χ0v) is 25.0. The molecule has 5 rings (SSSR count). The Bertz CT molecular complexity index is 1880. The number of nitrogens with zero attached hydrogens (tertiary/aromatic N) is 4. The van der Waals surface area contributed by atoms with E-state index in [0.717, 1.165) is 52.9 Å². The fourth-order valence-corrected chi connectivity index (χ4v) is 6.06. The van der Waals surface area contributed by atoms with E-state index in [1.54, 1.807) is 18.5 Å². The van der Waals surface area contributed by atoms with Crippen molar-refractivity contribution in [1.82, 2.24) is 19.8 Å². The molecule has 2 aromatic heterocycles. The lowest BCUT2D eigenvalue weighted by atomic mass is 9.97. The molecule has 0 radical (unpaired) electrons. The van der Waals surface area contributed by atoms with E-state index in [2.05, 4.69) is 55.8 Å². The van der Waals surface area contributed by atoms with Crippen molar-refractivity contribution >= 4 is 26.6 Å². The van der Waals surface area contributed by atoms with E-state index < -0.39 is 26.6 Å². The lowest BCUT2D eigenvalue weighted by molar-refractivity contribution is 0.204. The third-order valence-corrected chi connectivity index (χ3v) is 8.19. The van der Waals surface area contributed by atoms with Crippen LogP contribution in [0.15, 0.2) is 90.1 Å². The first-order valence-corrected chi connectivity index (χ1v) is 14.9. The quantitative estimate of drug-likeness (QED) is 0.196. The highest BCUT2D eigenvalue weighted by Crippen LogP contribution is 2.34. The molecule has 0 aliphatic carbocycles. The number of hydrogen-bond donors (Lipinski definition) is 1. The van der Waals surface area contributed by atoms with Crippen molar-refractivity contribution in [3.8, 4) is 28.1 Å². The van der Waals surface area contributed by atoms with Crippen molar-refractivity contribution in [2.45, 2.75) is 11.4 Å². The molecule has 3 aromatic carbocycles. The van der Waals surface area contributed by atoms with E-state index in [9.17, 15) is 17.2 Å². The van der Waals surface area contributed by atoms with Crippen LogP contribution in [-0.2, 0) is 16.6 Å². The van der Waals surface area contributed by atoms with Gasteiger partial charge in [0.1, 0.15) is 22.2 Å². The van der Waals surface area contributed by atoms with Crippen molar-refractivity contribution in [3.63, 3.8) is 0 Å². The van der Waals surface area contributed by atoms with Gasteiger partial charge in [-0.2, -0.15) is 0 Å². The zero-order chi connectivity index (χ0) is 30.7. The molecule has 0 unspecified atom stereocenters. The maximum Gasteiger partial charge on any atom is 0.264 e. The highest BCUT2D eigenvalue weighted by atomic mass is 32.2. The second-order valence-corrected chi connectivity index (χ2v) is 12.1. The molecule has 0 aliphatic rings. The highest BCUT2D eigenvalue weighted by molar-refractivity contribution is 7.92. The van der Waals surface area contributed by atoms with E-state index in [1.807, 2.05) is 38.4 Å². The van der Waals surface area contributed by atoms with Crippen LogP contribution in [0.2, 0.25) is 0 Å². The van der Waals surface area contributed by atoms with Crippen LogP contribution in [0, 0.1) is 11.6 Å². The topological polar surface area (TPSA) is 87.7 Å². The number of hydrogen-bond acceptors (Lipinski definition) is 7. The number of sulfonamides is 1. The average molecular weight is 604 g/mol. The normalized spacial score (nSPS) is 11.8. The maximum atomic E-state index is 14.3. The predicted molar refractivity (Wildman–Crippen MR) is 164 cm³/mol. The van der Waals surface area contributed by atoms with Gasteiger partial charge in [-0.05, 0) is 79.8 Å².